The van der Waals surface area contributed by atoms with Crippen molar-refractivity contribution in [3.05, 3.63) is 51.5 Å². The zero-order valence-corrected chi connectivity index (χ0v) is 11.6. The second-order valence-electron chi connectivity index (χ2n) is 4.18. The molecule has 1 aromatic carbocycles. The molecule has 1 atom stereocenters. The number of benzene rings is 1. The lowest BCUT2D eigenvalue weighted by Gasteiger charge is -2.11. The molecule has 0 bridgehead atoms. The van der Waals surface area contributed by atoms with Gasteiger partial charge in [-0.3, -0.25) is 11.3 Å². The normalized spacial score (nSPS) is 12.9. The van der Waals surface area contributed by atoms with Crippen LogP contribution in [0.2, 0.25) is 0 Å². The maximum Gasteiger partial charge on any atom is 0.124 e. The number of thiazole rings is 1. The molecule has 3 N–H and O–H groups in total. The number of nitrogens with zero attached hydrogens (tertiary/aromatic N) is 1. The Morgan fingerprint density at radius 1 is 1.37 bits per heavy atom. The molecule has 3 nitrogen and oxygen atoms in total. The van der Waals surface area contributed by atoms with E-state index in [2.05, 4.69) is 16.5 Å². The monoisotopic (exact) mass is 293 g/mol. The summed E-state index contributed by atoms with van der Waals surface area (Å²) in [7, 11) is 0. The van der Waals surface area contributed by atoms with Crippen LogP contribution >= 0.6 is 22.7 Å². The maximum atomic E-state index is 13.2. The van der Waals surface area contributed by atoms with Crippen molar-refractivity contribution in [2.75, 3.05) is 0 Å². The highest BCUT2D eigenvalue weighted by molar-refractivity contribution is 7.19. The van der Waals surface area contributed by atoms with Crippen LogP contribution in [0.25, 0.3) is 10.1 Å². The Balaban J connectivity index is 1.92. The summed E-state index contributed by atoms with van der Waals surface area (Å²) in [6, 6.07) is 6.89. The van der Waals surface area contributed by atoms with Gasteiger partial charge in [-0.2, -0.15) is 0 Å². The summed E-state index contributed by atoms with van der Waals surface area (Å²) in [5.41, 5.74) is 2.82. The van der Waals surface area contributed by atoms with E-state index in [-0.39, 0.29) is 11.9 Å². The van der Waals surface area contributed by atoms with Gasteiger partial charge in [0.1, 0.15) is 5.82 Å². The van der Waals surface area contributed by atoms with Gasteiger partial charge in [-0.05, 0) is 23.6 Å². The van der Waals surface area contributed by atoms with Crippen LogP contribution in [0.1, 0.15) is 15.9 Å². The molecule has 3 aromatic rings. The Morgan fingerprint density at radius 2 is 2.26 bits per heavy atom. The van der Waals surface area contributed by atoms with E-state index in [1.807, 2.05) is 5.38 Å². The molecule has 0 aliphatic carbocycles. The van der Waals surface area contributed by atoms with Gasteiger partial charge < -0.3 is 0 Å². The maximum absolute atomic E-state index is 13.2. The number of hydrogen-bond acceptors (Lipinski definition) is 5. The molecule has 98 valence electrons. The number of hydrazine groups is 1. The molecule has 0 aliphatic rings. The summed E-state index contributed by atoms with van der Waals surface area (Å²) in [6.45, 7) is 0. The summed E-state index contributed by atoms with van der Waals surface area (Å²) in [5, 5.41) is 4.02. The molecule has 2 aromatic heterocycles. The fourth-order valence-corrected chi connectivity index (χ4v) is 3.78. The number of halogens is 1. The molecule has 0 radical (unpaired) electrons. The highest BCUT2D eigenvalue weighted by atomic mass is 32.1. The fraction of sp³-hybridized carbons (Fsp3) is 0.154. The van der Waals surface area contributed by atoms with Crippen LogP contribution in [-0.2, 0) is 6.42 Å². The van der Waals surface area contributed by atoms with Crippen LogP contribution in [0.5, 0.6) is 0 Å². The van der Waals surface area contributed by atoms with Crippen molar-refractivity contribution in [3.8, 4) is 0 Å². The Bertz CT molecular complexity index is 678. The third kappa shape index (κ3) is 2.66. The van der Waals surface area contributed by atoms with Crippen molar-refractivity contribution in [2.45, 2.75) is 12.5 Å². The van der Waals surface area contributed by atoms with Crippen molar-refractivity contribution in [2.24, 2.45) is 5.84 Å². The summed E-state index contributed by atoms with van der Waals surface area (Å²) in [4.78, 5) is 5.36. The van der Waals surface area contributed by atoms with Crippen LogP contribution in [0.15, 0.2) is 35.8 Å². The third-order valence-electron chi connectivity index (χ3n) is 2.91. The topological polar surface area (TPSA) is 50.9 Å². The van der Waals surface area contributed by atoms with Gasteiger partial charge in [-0.25, -0.2) is 9.37 Å². The van der Waals surface area contributed by atoms with Crippen molar-refractivity contribution in [3.63, 3.8) is 0 Å². The fourth-order valence-electron chi connectivity index (χ4n) is 1.97. The summed E-state index contributed by atoms with van der Waals surface area (Å²) >= 11 is 3.17. The molecule has 2 heterocycles. The number of thiophene rings is 1. The number of nitrogens with two attached hydrogens (primary N) is 1. The van der Waals surface area contributed by atoms with Crippen LogP contribution in [0, 0.1) is 5.82 Å². The minimum atomic E-state index is -0.210. The lowest BCUT2D eigenvalue weighted by Crippen LogP contribution is -2.28. The zero-order valence-electron chi connectivity index (χ0n) is 9.97. The molecule has 3 rings (SSSR count). The first-order valence-corrected chi connectivity index (χ1v) is 7.49. The van der Waals surface area contributed by atoms with Crippen LogP contribution in [0.3, 0.4) is 0 Å². The van der Waals surface area contributed by atoms with E-state index in [1.165, 1.54) is 6.07 Å². The smallest absolute Gasteiger partial charge is 0.124 e. The van der Waals surface area contributed by atoms with E-state index in [1.54, 1.807) is 41.0 Å². The number of hydrogen-bond donors (Lipinski definition) is 2. The molecule has 19 heavy (non-hydrogen) atoms. The molecular formula is C13H12FN3S2. The van der Waals surface area contributed by atoms with Crippen molar-refractivity contribution < 1.29 is 4.39 Å². The number of aromatic nitrogens is 1. The predicted molar refractivity (Wildman–Crippen MR) is 77.7 cm³/mol. The first-order valence-electron chi connectivity index (χ1n) is 5.80. The first kappa shape index (κ1) is 12.7. The van der Waals surface area contributed by atoms with Gasteiger partial charge in [0.2, 0.25) is 0 Å². The summed E-state index contributed by atoms with van der Waals surface area (Å²) < 4.78 is 14.1. The van der Waals surface area contributed by atoms with E-state index in [0.29, 0.717) is 0 Å². The van der Waals surface area contributed by atoms with Gasteiger partial charge in [0.05, 0.1) is 11.0 Å². The van der Waals surface area contributed by atoms with Gasteiger partial charge in [-0.15, -0.1) is 22.7 Å². The van der Waals surface area contributed by atoms with Gasteiger partial charge in [0.25, 0.3) is 0 Å². The SMILES string of the molecule is NNC(Cc1nccs1)c1cc2ccc(F)cc2s1. The molecule has 0 aliphatic heterocycles. The minimum absolute atomic E-state index is 0.00612. The Labute approximate surface area is 117 Å². The lowest BCUT2D eigenvalue weighted by molar-refractivity contribution is 0.559. The first-order chi connectivity index (χ1) is 9.26. The number of nitrogens with one attached hydrogen (secondary N) is 1. The summed E-state index contributed by atoms with van der Waals surface area (Å²) in [6.07, 6.45) is 2.53. The van der Waals surface area contributed by atoms with Gasteiger partial charge in [0.15, 0.2) is 0 Å². The highest BCUT2D eigenvalue weighted by Crippen LogP contribution is 2.31. The second kappa shape index (κ2) is 5.34. The molecule has 6 heteroatoms. The van der Waals surface area contributed by atoms with E-state index in [0.717, 1.165) is 26.4 Å². The predicted octanol–water partition coefficient (Wildman–Crippen LogP) is 3.24. The van der Waals surface area contributed by atoms with E-state index < -0.39 is 0 Å². The van der Waals surface area contributed by atoms with E-state index >= 15 is 0 Å². The Kier molecular flexibility index (Phi) is 3.56. The zero-order chi connectivity index (χ0) is 13.2. The molecule has 0 saturated heterocycles. The van der Waals surface area contributed by atoms with Crippen LogP contribution < -0.4 is 11.3 Å². The van der Waals surface area contributed by atoms with Crippen molar-refractivity contribution >= 4 is 32.8 Å². The van der Waals surface area contributed by atoms with Crippen LogP contribution in [0.4, 0.5) is 4.39 Å². The second-order valence-corrected chi connectivity index (χ2v) is 6.27. The molecule has 0 spiro atoms. The van der Waals surface area contributed by atoms with Crippen LogP contribution in [-0.4, -0.2) is 4.98 Å². The highest BCUT2D eigenvalue weighted by Gasteiger charge is 2.15. The summed E-state index contributed by atoms with van der Waals surface area (Å²) in [5.74, 6) is 5.42. The third-order valence-corrected chi connectivity index (χ3v) is 4.92. The molecule has 0 fully saturated rings. The average Bonchev–Trinajstić information content (AvgIpc) is 3.03. The average molecular weight is 293 g/mol. The standard InChI is InChI=1S/C13H12FN3S2/c14-9-2-1-8-5-12(19-11(8)6-9)10(17-15)7-13-16-3-4-18-13/h1-6,10,17H,7,15H2. The van der Waals surface area contributed by atoms with Crippen molar-refractivity contribution in [1.29, 1.82) is 0 Å². The molecule has 0 saturated carbocycles. The Morgan fingerprint density at radius 3 is 3.00 bits per heavy atom. The van der Waals surface area contributed by atoms with Gasteiger partial charge in [-0.1, -0.05) is 6.07 Å². The van der Waals surface area contributed by atoms with Gasteiger partial charge in [0, 0.05) is 27.6 Å². The van der Waals surface area contributed by atoms with E-state index in [4.69, 9.17) is 5.84 Å². The number of rotatable bonds is 4. The largest absolute Gasteiger partial charge is 0.271 e. The molecule has 0 amide bonds. The quantitative estimate of drug-likeness (QED) is 0.573. The Hall–Kier alpha value is -1.34. The molecule has 1 unspecified atom stereocenters. The molecular weight excluding hydrogens is 281 g/mol. The minimum Gasteiger partial charge on any atom is -0.271 e. The van der Waals surface area contributed by atoms with E-state index in [9.17, 15) is 4.39 Å². The van der Waals surface area contributed by atoms with Crippen molar-refractivity contribution in [1.82, 2.24) is 10.4 Å². The number of fused-ring (bicyclic) bond motifs is 1. The van der Waals surface area contributed by atoms with Gasteiger partial charge >= 0.3 is 0 Å². The lowest BCUT2D eigenvalue weighted by atomic mass is 10.1.